The van der Waals surface area contributed by atoms with E-state index >= 15 is 0 Å². The van der Waals surface area contributed by atoms with Gasteiger partial charge in [-0.2, -0.15) is 4.31 Å². The Kier molecular flexibility index (Phi) is 9.45. The molecule has 2 saturated heterocycles. The number of aromatic nitrogens is 2. The second-order valence-corrected chi connectivity index (χ2v) is 13.4. The Bertz CT molecular complexity index is 1200. The number of aryl methyl sites for hydroxylation is 1. The fourth-order valence-electron chi connectivity index (χ4n) is 4.89. The van der Waals surface area contributed by atoms with Crippen molar-refractivity contribution >= 4 is 21.9 Å². The van der Waals surface area contributed by atoms with Crippen LogP contribution >= 0.6 is 0 Å². The minimum absolute atomic E-state index is 0.0740. The number of anilines is 1. The highest BCUT2D eigenvalue weighted by molar-refractivity contribution is 7.89. The number of nitrogens with zero attached hydrogens (tertiary/aromatic N) is 6. The lowest BCUT2D eigenvalue weighted by Gasteiger charge is -2.36. The second-order valence-electron chi connectivity index (χ2n) is 11.4. The fourth-order valence-corrected chi connectivity index (χ4v) is 6.33. The van der Waals surface area contributed by atoms with Crippen molar-refractivity contribution in [2.24, 2.45) is 0 Å². The molecule has 2 aliphatic heterocycles. The summed E-state index contributed by atoms with van der Waals surface area (Å²) in [5.41, 5.74) is 0.934. The molecule has 0 bridgehead atoms. The van der Waals surface area contributed by atoms with E-state index in [-0.39, 0.29) is 11.4 Å². The summed E-state index contributed by atoms with van der Waals surface area (Å²) in [6, 6.07) is 10.4. The quantitative estimate of drug-likeness (QED) is 0.498. The number of rotatable bonds is 8. The zero-order valence-corrected chi connectivity index (χ0v) is 24.6. The topological polar surface area (TPSA) is 102 Å². The molecule has 214 valence electrons. The number of carbonyl (C=O) groups excluding carboxylic acids is 1. The molecule has 1 N–H and O–H groups in total. The molecule has 0 unspecified atom stereocenters. The molecule has 39 heavy (non-hydrogen) atoms. The van der Waals surface area contributed by atoms with Crippen molar-refractivity contribution in [3.63, 3.8) is 0 Å². The van der Waals surface area contributed by atoms with Gasteiger partial charge >= 0.3 is 6.03 Å². The van der Waals surface area contributed by atoms with Gasteiger partial charge in [-0.3, -0.25) is 4.90 Å². The average molecular weight is 558 g/mol. The zero-order valence-electron chi connectivity index (χ0n) is 23.8. The maximum Gasteiger partial charge on any atom is 0.317 e. The number of hydrogen-bond donors (Lipinski definition) is 1. The molecule has 2 aromatic rings. The lowest BCUT2D eigenvalue weighted by Crippen LogP contribution is -2.53. The van der Waals surface area contributed by atoms with Crippen LogP contribution in [0.15, 0.2) is 41.3 Å². The van der Waals surface area contributed by atoms with Gasteiger partial charge < -0.3 is 15.1 Å². The van der Waals surface area contributed by atoms with Crippen LogP contribution in [0.3, 0.4) is 0 Å². The molecule has 0 spiro atoms. The monoisotopic (exact) mass is 557 g/mol. The van der Waals surface area contributed by atoms with Gasteiger partial charge in [0.15, 0.2) is 0 Å². The van der Waals surface area contributed by atoms with Gasteiger partial charge in [0.25, 0.3) is 0 Å². The average Bonchev–Trinajstić information content (AvgIpc) is 2.93. The summed E-state index contributed by atoms with van der Waals surface area (Å²) >= 11 is 0. The molecule has 0 saturated carbocycles. The number of amides is 2. The van der Waals surface area contributed by atoms with E-state index in [9.17, 15) is 13.2 Å². The normalized spacial score (nSPS) is 17.8. The van der Waals surface area contributed by atoms with Gasteiger partial charge in [0.05, 0.1) is 4.90 Å². The smallest absolute Gasteiger partial charge is 0.317 e. The highest BCUT2D eigenvalue weighted by atomic mass is 32.2. The molecule has 2 fully saturated rings. The first-order chi connectivity index (χ1) is 18.5. The summed E-state index contributed by atoms with van der Waals surface area (Å²) in [7, 11) is -3.51. The number of benzene rings is 1. The minimum Gasteiger partial charge on any atom is -0.354 e. The lowest BCUT2D eigenvalue weighted by molar-refractivity contribution is 0.172. The van der Waals surface area contributed by atoms with E-state index in [0.717, 1.165) is 62.9 Å². The maximum absolute atomic E-state index is 12.8. The number of hydrogen-bond acceptors (Lipinski definition) is 7. The van der Waals surface area contributed by atoms with Crippen molar-refractivity contribution in [3.05, 3.63) is 47.9 Å². The standard InChI is InChI=1S/C28H43N7O3S/c1-23-22-25(31-26(30-23)28(2,3)4)33-16-14-32(15-17-33)13-9-8-12-29-27(36)34-18-20-35(21-19-34)39(37,38)24-10-6-5-7-11-24/h5-7,10-11,22H,8-9,12-21H2,1-4H3,(H,29,36). The van der Waals surface area contributed by atoms with Crippen LogP contribution in [0.2, 0.25) is 0 Å². The van der Waals surface area contributed by atoms with E-state index in [1.165, 1.54) is 4.31 Å². The SMILES string of the molecule is Cc1cc(N2CCN(CCCCNC(=O)N3CCN(S(=O)(=O)c4ccccc4)CC3)CC2)nc(C(C)(C)C)n1. The molecule has 10 nitrogen and oxygen atoms in total. The van der Waals surface area contributed by atoms with Crippen molar-refractivity contribution in [2.75, 3.05) is 70.3 Å². The third-order valence-corrected chi connectivity index (χ3v) is 9.20. The number of urea groups is 1. The Morgan fingerprint density at radius 3 is 2.23 bits per heavy atom. The second kappa shape index (κ2) is 12.6. The van der Waals surface area contributed by atoms with Crippen LogP contribution < -0.4 is 10.2 Å². The highest BCUT2D eigenvalue weighted by Gasteiger charge is 2.30. The molecular formula is C28H43N7O3S. The number of nitrogens with one attached hydrogen (secondary N) is 1. The Morgan fingerprint density at radius 2 is 1.59 bits per heavy atom. The van der Waals surface area contributed by atoms with Crippen molar-refractivity contribution < 1.29 is 13.2 Å². The van der Waals surface area contributed by atoms with E-state index in [1.54, 1.807) is 35.2 Å². The first-order valence-electron chi connectivity index (χ1n) is 14.0. The predicted molar refractivity (Wildman–Crippen MR) is 154 cm³/mol. The Morgan fingerprint density at radius 1 is 0.923 bits per heavy atom. The molecule has 1 aromatic heterocycles. The van der Waals surface area contributed by atoms with Gasteiger partial charge in [0.2, 0.25) is 10.0 Å². The number of unbranched alkanes of at least 4 members (excludes halogenated alkanes) is 1. The summed E-state index contributed by atoms with van der Waals surface area (Å²) in [5, 5.41) is 3.00. The molecule has 2 aliphatic rings. The molecule has 2 amide bonds. The molecule has 11 heteroatoms. The highest BCUT2D eigenvalue weighted by Crippen LogP contribution is 2.23. The Labute approximate surface area is 233 Å². The molecule has 1 aromatic carbocycles. The summed E-state index contributed by atoms with van der Waals surface area (Å²) in [4.78, 5) is 28.9. The van der Waals surface area contributed by atoms with Crippen molar-refractivity contribution in [3.8, 4) is 0 Å². The van der Waals surface area contributed by atoms with Gasteiger partial charge in [-0.25, -0.2) is 23.2 Å². The van der Waals surface area contributed by atoms with Crippen molar-refractivity contribution in [1.29, 1.82) is 0 Å². The van der Waals surface area contributed by atoms with Crippen LogP contribution in [0, 0.1) is 6.92 Å². The van der Waals surface area contributed by atoms with Gasteiger partial charge in [-0.05, 0) is 38.4 Å². The van der Waals surface area contributed by atoms with E-state index in [2.05, 4.69) is 46.9 Å². The van der Waals surface area contributed by atoms with E-state index in [0.29, 0.717) is 37.6 Å². The van der Waals surface area contributed by atoms with Gasteiger partial charge in [0, 0.05) is 76.1 Å². The summed E-state index contributed by atoms with van der Waals surface area (Å²) < 4.78 is 27.0. The van der Waals surface area contributed by atoms with E-state index < -0.39 is 10.0 Å². The van der Waals surface area contributed by atoms with Crippen LogP contribution in [-0.2, 0) is 15.4 Å². The molecule has 3 heterocycles. The van der Waals surface area contributed by atoms with Crippen LogP contribution in [0.4, 0.5) is 10.6 Å². The Hall–Kier alpha value is -2.76. The van der Waals surface area contributed by atoms with E-state index in [4.69, 9.17) is 4.98 Å². The largest absolute Gasteiger partial charge is 0.354 e. The molecule has 0 radical (unpaired) electrons. The summed E-state index contributed by atoms with van der Waals surface area (Å²) in [6.45, 7) is 15.4. The van der Waals surface area contributed by atoms with E-state index in [1.807, 2.05) is 6.92 Å². The third kappa shape index (κ3) is 7.67. The number of sulfonamides is 1. The number of piperazine rings is 2. The first-order valence-corrected chi connectivity index (χ1v) is 15.4. The molecular weight excluding hydrogens is 514 g/mol. The van der Waals surface area contributed by atoms with Gasteiger partial charge in [-0.15, -0.1) is 0 Å². The summed E-state index contributed by atoms with van der Waals surface area (Å²) in [5.74, 6) is 1.91. The lowest BCUT2D eigenvalue weighted by atomic mass is 9.95. The Balaban J connectivity index is 1.12. The van der Waals surface area contributed by atoms with Crippen LogP contribution in [-0.4, -0.2) is 104 Å². The molecule has 0 aliphatic carbocycles. The number of carbonyl (C=O) groups is 1. The van der Waals surface area contributed by atoms with Gasteiger partial charge in [0.1, 0.15) is 11.6 Å². The van der Waals surface area contributed by atoms with Crippen molar-refractivity contribution in [2.45, 2.75) is 50.8 Å². The van der Waals surface area contributed by atoms with Crippen molar-refractivity contribution in [1.82, 2.24) is 29.4 Å². The summed E-state index contributed by atoms with van der Waals surface area (Å²) in [6.07, 6.45) is 1.93. The molecule has 0 atom stereocenters. The van der Waals surface area contributed by atoms with Crippen LogP contribution in [0.1, 0.15) is 45.1 Å². The third-order valence-electron chi connectivity index (χ3n) is 7.29. The van der Waals surface area contributed by atoms with Crippen LogP contribution in [0.25, 0.3) is 0 Å². The maximum atomic E-state index is 12.8. The predicted octanol–water partition coefficient (Wildman–Crippen LogP) is 2.70. The zero-order chi connectivity index (χ0) is 28.0. The first kappa shape index (κ1) is 29.2. The minimum atomic E-state index is -3.51. The fraction of sp³-hybridized carbons (Fsp3) is 0.607. The van der Waals surface area contributed by atoms with Gasteiger partial charge in [-0.1, -0.05) is 39.0 Å². The molecule has 4 rings (SSSR count). The van der Waals surface area contributed by atoms with Crippen LogP contribution in [0.5, 0.6) is 0 Å².